The molecule has 0 N–H and O–H groups in total. The minimum absolute atomic E-state index is 1.19. The second-order valence-electron chi connectivity index (χ2n) is 4.15. The highest BCUT2D eigenvalue weighted by Crippen LogP contribution is 2.49. The molecule has 0 aromatic rings. The van der Waals surface area contributed by atoms with Gasteiger partial charge in [-0.25, -0.2) is 9.18 Å². The summed E-state index contributed by atoms with van der Waals surface area (Å²) in [6, 6.07) is 0. The van der Waals surface area contributed by atoms with E-state index in [1.54, 1.807) is 0 Å². The SMILES string of the molecule is CC(C)(C)OC(=O)C(F)(Br)C(F)(F)C(F)(F)F. The summed E-state index contributed by atoms with van der Waals surface area (Å²) in [6.07, 6.45) is -6.22. The summed E-state index contributed by atoms with van der Waals surface area (Å²) in [7, 11) is 0. The van der Waals surface area contributed by atoms with Crippen molar-refractivity contribution >= 4 is 21.9 Å². The summed E-state index contributed by atoms with van der Waals surface area (Å²) < 4.78 is 73.8. The van der Waals surface area contributed by atoms with Gasteiger partial charge < -0.3 is 4.74 Å². The van der Waals surface area contributed by atoms with Crippen molar-refractivity contribution in [2.45, 2.75) is 43.0 Å². The standard InChI is InChI=1S/C8H9BrF6O2/c1-5(2,3)17-4(16)6(9,10)7(11,12)8(13,14)15/h1-3H3. The van der Waals surface area contributed by atoms with Crippen molar-refractivity contribution in [3.63, 3.8) is 0 Å². The van der Waals surface area contributed by atoms with Gasteiger partial charge in [0.2, 0.25) is 0 Å². The van der Waals surface area contributed by atoms with Gasteiger partial charge in [-0.2, -0.15) is 22.0 Å². The third kappa shape index (κ3) is 3.49. The third-order valence-electron chi connectivity index (χ3n) is 1.41. The number of carbonyl (C=O) groups excluding carboxylic acids is 1. The Kier molecular flexibility index (Phi) is 4.21. The van der Waals surface area contributed by atoms with Gasteiger partial charge in [0.25, 0.3) is 0 Å². The molecule has 0 amide bonds. The molecule has 2 nitrogen and oxygen atoms in total. The first-order valence-electron chi connectivity index (χ1n) is 4.19. The summed E-state index contributed by atoms with van der Waals surface area (Å²) in [4.78, 5) is 10.9. The zero-order valence-electron chi connectivity index (χ0n) is 8.96. The Balaban J connectivity index is 5.22. The molecule has 0 heterocycles. The van der Waals surface area contributed by atoms with E-state index < -0.39 is 28.2 Å². The second kappa shape index (κ2) is 4.33. The van der Waals surface area contributed by atoms with Crippen LogP contribution in [0.2, 0.25) is 0 Å². The van der Waals surface area contributed by atoms with Crippen LogP contribution < -0.4 is 0 Å². The molecular formula is C8H9BrF6O2. The lowest BCUT2D eigenvalue weighted by Gasteiger charge is -2.30. The predicted molar refractivity (Wildman–Crippen MR) is 49.6 cm³/mol. The Labute approximate surface area is 101 Å². The topological polar surface area (TPSA) is 26.3 Å². The van der Waals surface area contributed by atoms with Crippen molar-refractivity contribution < 1.29 is 35.9 Å². The first-order chi connectivity index (χ1) is 7.13. The van der Waals surface area contributed by atoms with E-state index in [0.717, 1.165) is 0 Å². The van der Waals surface area contributed by atoms with Crippen LogP contribution in [0.1, 0.15) is 20.8 Å². The summed E-state index contributed by atoms with van der Waals surface area (Å²) in [5.41, 5.74) is -1.40. The van der Waals surface area contributed by atoms with Gasteiger partial charge in [0, 0.05) is 0 Å². The molecule has 0 aromatic heterocycles. The Morgan fingerprint density at radius 1 is 1.00 bits per heavy atom. The normalized spacial score (nSPS) is 17.5. The maximum atomic E-state index is 13.3. The highest BCUT2D eigenvalue weighted by atomic mass is 79.9. The lowest BCUT2D eigenvalue weighted by Crippen LogP contribution is -2.56. The fourth-order valence-corrected chi connectivity index (χ4v) is 0.954. The molecule has 102 valence electrons. The molecule has 0 rings (SSSR count). The Morgan fingerprint density at radius 2 is 1.35 bits per heavy atom. The van der Waals surface area contributed by atoms with Crippen molar-refractivity contribution in [3.05, 3.63) is 0 Å². The Hall–Kier alpha value is -0.470. The van der Waals surface area contributed by atoms with Crippen LogP contribution in [0, 0.1) is 0 Å². The van der Waals surface area contributed by atoms with E-state index in [4.69, 9.17) is 0 Å². The average molecular weight is 331 g/mol. The first kappa shape index (κ1) is 16.5. The summed E-state index contributed by atoms with van der Waals surface area (Å²) in [5.74, 6) is -8.24. The molecular weight excluding hydrogens is 322 g/mol. The van der Waals surface area contributed by atoms with Crippen molar-refractivity contribution in [1.29, 1.82) is 0 Å². The van der Waals surface area contributed by atoms with Crippen molar-refractivity contribution in [2.24, 2.45) is 0 Å². The van der Waals surface area contributed by atoms with Gasteiger partial charge >= 0.3 is 22.6 Å². The smallest absolute Gasteiger partial charge is 0.457 e. The van der Waals surface area contributed by atoms with Gasteiger partial charge in [-0.05, 0) is 36.7 Å². The molecule has 0 fully saturated rings. The van der Waals surface area contributed by atoms with E-state index in [-0.39, 0.29) is 0 Å². The molecule has 17 heavy (non-hydrogen) atoms. The van der Waals surface area contributed by atoms with E-state index >= 15 is 0 Å². The molecule has 1 unspecified atom stereocenters. The molecule has 0 bridgehead atoms. The molecule has 1 atom stereocenters. The Bertz CT molecular complexity index is 304. The van der Waals surface area contributed by atoms with Crippen molar-refractivity contribution in [2.75, 3.05) is 0 Å². The van der Waals surface area contributed by atoms with E-state index in [0.29, 0.717) is 0 Å². The van der Waals surface area contributed by atoms with Crippen LogP contribution >= 0.6 is 15.9 Å². The monoisotopic (exact) mass is 330 g/mol. The molecule has 0 saturated heterocycles. The fourth-order valence-electron chi connectivity index (χ4n) is 0.648. The van der Waals surface area contributed by atoms with Crippen LogP contribution in [-0.4, -0.2) is 28.2 Å². The number of esters is 1. The van der Waals surface area contributed by atoms with Gasteiger partial charge in [-0.3, -0.25) is 0 Å². The third-order valence-corrected chi connectivity index (χ3v) is 2.23. The van der Waals surface area contributed by atoms with Crippen LogP contribution in [0.25, 0.3) is 0 Å². The van der Waals surface area contributed by atoms with E-state index in [1.165, 1.54) is 36.7 Å². The van der Waals surface area contributed by atoms with Crippen LogP contribution in [0.3, 0.4) is 0 Å². The number of alkyl halides is 7. The minimum Gasteiger partial charge on any atom is -0.457 e. The summed E-state index contributed by atoms with van der Waals surface area (Å²) in [6.45, 7) is 3.58. The van der Waals surface area contributed by atoms with Gasteiger partial charge in [0.05, 0.1) is 0 Å². The van der Waals surface area contributed by atoms with Gasteiger partial charge in [-0.1, -0.05) is 0 Å². The zero-order chi connectivity index (χ0) is 14.3. The summed E-state index contributed by atoms with van der Waals surface area (Å²) >= 11 is 1.45. The maximum absolute atomic E-state index is 13.3. The predicted octanol–water partition coefficient (Wildman–Crippen LogP) is 3.59. The number of ether oxygens (including phenoxy) is 1. The van der Waals surface area contributed by atoms with Gasteiger partial charge in [0.1, 0.15) is 5.60 Å². The molecule has 0 aliphatic carbocycles. The average Bonchev–Trinajstić information content (AvgIpc) is 1.97. The van der Waals surface area contributed by atoms with Crippen LogP contribution in [0.15, 0.2) is 0 Å². The van der Waals surface area contributed by atoms with Crippen LogP contribution in [0.4, 0.5) is 26.3 Å². The number of hydrogen-bond acceptors (Lipinski definition) is 2. The van der Waals surface area contributed by atoms with Gasteiger partial charge in [-0.15, -0.1) is 0 Å². The molecule has 9 heteroatoms. The molecule has 0 aliphatic rings. The second-order valence-corrected chi connectivity index (χ2v) is 5.24. The van der Waals surface area contributed by atoms with E-state index in [1.807, 2.05) is 0 Å². The number of hydrogen-bond donors (Lipinski definition) is 0. The molecule has 0 aliphatic heterocycles. The van der Waals surface area contributed by atoms with E-state index in [2.05, 4.69) is 4.74 Å². The molecule has 0 saturated carbocycles. The zero-order valence-corrected chi connectivity index (χ0v) is 10.5. The van der Waals surface area contributed by atoms with Crippen LogP contribution in [-0.2, 0) is 9.53 Å². The number of halogens is 7. The lowest BCUT2D eigenvalue weighted by molar-refractivity contribution is -0.308. The number of carbonyl (C=O) groups is 1. The molecule has 0 radical (unpaired) electrons. The summed E-state index contributed by atoms with van der Waals surface area (Å²) in [5, 5.41) is 0. The van der Waals surface area contributed by atoms with Crippen LogP contribution in [0.5, 0.6) is 0 Å². The minimum atomic E-state index is -6.22. The highest BCUT2D eigenvalue weighted by Gasteiger charge is 2.75. The van der Waals surface area contributed by atoms with E-state index in [9.17, 15) is 31.1 Å². The lowest BCUT2D eigenvalue weighted by atomic mass is 10.1. The highest BCUT2D eigenvalue weighted by molar-refractivity contribution is 9.10. The number of rotatable bonds is 2. The van der Waals surface area contributed by atoms with Crippen molar-refractivity contribution in [1.82, 2.24) is 0 Å². The fraction of sp³-hybridized carbons (Fsp3) is 0.875. The Morgan fingerprint density at radius 3 is 1.59 bits per heavy atom. The quantitative estimate of drug-likeness (QED) is 0.439. The largest absolute Gasteiger partial charge is 0.458 e. The first-order valence-corrected chi connectivity index (χ1v) is 4.98. The maximum Gasteiger partial charge on any atom is 0.458 e. The van der Waals surface area contributed by atoms with Crippen molar-refractivity contribution in [3.8, 4) is 0 Å². The molecule has 0 aromatic carbocycles. The van der Waals surface area contributed by atoms with Gasteiger partial charge in [0.15, 0.2) is 0 Å². The molecule has 0 spiro atoms.